The maximum atomic E-state index is 12.4. The van der Waals surface area contributed by atoms with Gasteiger partial charge in [0.2, 0.25) is 5.91 Å². The topological polar surface area (TPSA) is 69.7 Å². The van der Waals surface area contributed by atoms with E-state index in [4.69, 9.17) is 0 Å². The monoisotopic (exact) mass is 335 g/mol. The van der Waals surface area contributed by atoms with Crippen LogP contribution in [0, 0.1) is 0 Å². The van der Waals surface area contributed by atoms with Gasteiger partial charge in [0.15, 0.2) is 0 Å². The summed E-state index contributed by atoms with van der Waals surface area (Å²) in [4.78, 5) is 40.1. The molecule has 0 unspecified atom stereocenters. The van der Waals surface area contributed by atoms with Crippen LogP contribution in [0.3, 0.4) is 0 Å². The molecule has 1 aliphatic heterocycles. The van der Waals surface area contributed by atoms with E-state index < -0.39 is 11.8 Å². The molecule has 2 aliphatic carbocycles. The van der Waals surface area contributed by atoms with E-state index in [9.17, 15) is 14.4 Å². The number of carbonyl (C=O) groups is 3. The van der Waals surface area contributed by atoms with Gasteiger partial charge in [-0.3, -0.25) is 14.4 Å². The Morgan fingerprint density at radius 2 is 1.50 bits per heavy atom. The maximum absolute atomic E-state index is 12.4. The second-order valence-corrected chi connectivity index (χ2v) is 7.42. The second kappa shape index (κ2) is 7.99. The van der Waals surface area contributed by atoms with Crippen LogP contribution in [0.4, 0.5) is 0 Å². The molecule has 6 heteroatoms. The summed E-state index contributed by atoms with van der Waals surface area (Å²) in [5.41, 5.74) is 0. The van der Waals surface area contributed by atoms with Crippen molar-refractivity contribution >= 4 is 17.7 Å². The molecular weight excluding hydrogens is 306 g/mol. The Hall–Kier alpha value is -1.59. The summed E-state index contributed by atoms with van der Waals surface area (Å²) in [6, 6.07) is 0.453. The highest BCUT2D eigenvalue weighted by atomic mass is 16.2. The highest BCUT2D eigenvalue weighted by molar-refractivity contribution is 6.35. The number of rotatable bonds is 4. The quantitative estimate of drug-likeness (QED) is 0.790. The Morgan fingerprint density at radius 3 is 2.17 bits per heavy atom. The van der Waals surface area contributed by atoms with E-state index in [1.165, 1.54) is 17.7 Å². The van der Waals surface area contributed by atoms with Crippen molar-refractivity contribution in [1.82, 2.24) is 15.1 Å². The molecule has 0 bridgehead atoms. The summed E-state index contributed by atoms with van der Waals surface area (Å²) in [6.07, 6.45) is 11.1. The van der Waals surface area contributed by atoms with Gasteiger partial charge >= 0.3 is 11.8 Å². The first-order valence-electron chi connectivity index (χ1n) is 9.54. The number of nitrogens with one attached hydrogen (secondary N) is 1. The predicted octanol–water partition coefficient (Wildman–Crippen LogP) is 1.44. The zero-order valence-electron chi connectivity index (χ0n) is 14.5. The number of hydrogen-bond donors (Lipinski definition) is 1. The summed E-state index contributed by atoms with van der Waals surface area (Å²) < 4.78 is 0. The minimum Gasteiger partial charge on any atom is -0.352 e. The third-order valence-electron chi connectivity index (χ3n) is 5.66. The molecule has 134 valence electrons. The maximum Gasteiger partial charge on any atom is 0.312 e. The molecule has 6 nitrogen and oxygen atoms in total. The molecule has 3 fully saturated rings. The van der Waals surface area contributed by atoms with Crippen LogP contribution in [0.1, 0.15) is 64.2 Å². The Labute approximate surface area is 143 Å². The normalized spacial score (nSPS) is 24.3. The average Bonchev–Trinajstić information content (AvgIpc) is 2.61. The van der Waals surface area contributed by atoms with Crippen molar-refractivity contribution in [2.45, 2.75) is 76.3 Å². The molecule has 0 aromatic heterocycles. The average molecular weight is 335 g/mol. The lowest BCUT2D eigenvalue weighted by atomic mass is 9.93. The number of piperazine rings is 1. The molecule has 3 aliphatic rings. The van der Waals surface area contributed by atoms with E-state index in [-0.39, 0.29) is 24.5 Å². The van der Waals surface area contributed by atoms with Gasteiger partial charge in [-0.25, -0.2) is 0 Å². The van der Waals surface area contributed by atoms with Crippen molar-refractivity contribution in [2.75, 3.05) is 19.6 Å². The van der Waals surface area contributed by atoms with Crippen LogP contribution < -0.4 is 5.32 Å². The molecule has 0 aromatic carbocycles. The minimum atomic E-state index is -0.509. The van der Waals surface area contributed by atoms with Crippen LogP contribution in [0.15, 0.2) is 0 Å². The molecule has 1 saturated heterocycles. The van der Waals surface area contributed by atoms with Crippen molar-refractivity contribution in [2.24, 2.45) is 0 Å². The van der Waals surface area contributed by atoms with Crippen molar-refractivity contribution in [3.63, 3.8) is 0 Å². The van der Waals surface area contributed by atoms with E-state index in [0.717, 1.165) is 51.4 Å². The Morgan fingerprint density at radius 1 is 0.875 bits per heavy atom. The van der Waals surface area contributed by atoms with Crippen molar-refractivity contribution in [3.8, 4) is 0 Å². The molecule has 3 rings (SSSR count). The molecule has 1 heterocycles. The molecule has 2 saturated carbocycles. The Bertz CT molecular complexity index is 482. The van der Waals surface area contributed by atoms with Crippen LogP contribution in [0.2, 0.25) is 0 Å². The van der Waals surface area contributed by atoms with Gasteiger partial charge in [-0.2, -0.15) is 0 Å². The van der Waals surface area contributed by atoms with Crippen LogP contribution in [-0.4, -0.2) is 59.2 Å². The lowest BCUT2D eigenvalue weighted by Crippen LogP contribution is -2.59. The fourth-order valence-electron chi connectivity index (χ4n) is 4.28. The summed E-state index contributed by atoms with van der Waals surface area (Å²) in [7, 11) is 0. The molecule has 0 aromatic rings. The van der Waals surface area contributed by atoms with Gasteiger partial charge in [-0.05, 0) is 25.7 Å². The van der Waals surface area contributed by atoms with Gasteiger partial charge in [0.05, 0.1) is 0 Å². The number of carbonyl (C=O) groups excluding carboxylic acids is 3. The fraction of sp³-hybridized carbons (Fsp3) is 0.833. The van der Waals surface area contributed by atoms with Crippen LogP contribution in [0.25, 0.3) is 0 Å². The Balaban J connectivity index is 1.49. The van der Waals surface area contributed by atoms with Gasteiger partial charge in [0.1, 0.15) is 6.54 Å². The van der Waals surface area contributed by atoms with Gasteiger partial charge in [-0.1, -0.05) is 38.5 Å². The van der Waals surface area contributed by atoms with E-state index in [0.29, 0.717) is 13.1 Å². The predicted molar refractivity (Wildman–Crippen MR) is 90.2 cm³/mol. The van der Waals surface area contributed by atoms with Crippen LogP contribution in [-0.2, 0) is 14.4 Å². The largest absolute Gasteiger partial charge is 0.352 e. The second-order valence-electron chi connectivity index (χ2n) is 7.42. The zero-order valence-corrected chi connectivity index (χ0v) is 14.5. The van der Waals surface area contributed by atoms with Crippen molar-refractivity contribution in [1.29, 1.82) is 0 Å². The van der Waals surface area contributed by atoms with Gasteiger partial charge in [0, 0.05) is 25.2 Å². The van der Waals surface area contributed by atoms with E-state index >= 15 is 0 Å². The van der Waals surface area contributed by atoms with Crippen molar-refractivity contribution < 1.29 is 14.4 Å². The van der Waals surface area contributed by atoms with E-state index in [2.05, 4.69) is 5.32 Å². The lowest BCUT2D eigenvalue weighted by Gasteiger charge is -2.39. The molecule has 0 atom stereocenters. The van der Waals surface area contributed by atoms with Crippen LogP contribution >= 0.6 is 0 Å². The van der Waals surface area contributed by atoms with E-state index in [1.54, 1.807) is 4.90 Å². The summed E-state index contributed by atoms with van der Waals surface area (Å²) in [5.74, 6) is -1.06. The number of nitrogens with zero attached hydrogens (tertiary/aromatic N) is 2. The molecular formula is C18H29N3O3. The standard InChI is InChI=1S/C18H29N3O3/c22-16(19-14-7-3-1-4-8-14)13-20-11-12-21(18(24)17(20)23)15-9-5-2-6-10-15/h14-15H,1-13H2,(H,19,22). The highest BCUT2D eigenvalue weighted by Crippen LogP contribution is 2.24. The smallest absolute Gasteiger partial charge is 0.312 e. The first kappa shape index (κ1) is 17.2. The molecule has 1 N–H and O–H groups in total. The minimum absolute atomic E-state index is 0.0135. The number of amides is 3. The summed E-state index contributed by atoms with van der Waals surface area (Å²) >= 11 is 0. The third-order valence-corrected chi connectivity index (χ3v) is 5.66. The highest BCUT2D eigenvalue weighted by Gasteiger charge is 2.37. The number of hydrogen-bond acceptors (Lipinski definition) is 3. The molecule has 0 spiro atoms. The Kier molecular flexibility index (Phi) is 5.74. The fourth-order valence-corrected chi connectivity index (χ4v) is 4.28. The van der Waals surface area contributed by atoms with Gasteiger partial charge in [-0.15, -0.1) is 0 Å². The van der Waals surface area contributed by atoms with Gasteiger partial charge in [0.25, 0.3) is 0 Å². The first-order valence-corrected chi connectivity index (χ1v) is 9.54. The molecule has 3 amide bonds. The van der Waals surface area contributed by atoms with E-state index in [1.807, 2.05) is 0 Å². The molecule has 0 radical (unpaired) electrons. The summed E-state index contributed by atoms with van der Waals surface area (Å²) in [5, 5.41) is 3.02. The zero-order chi connectivity index (χ0) is 16.9. The third kappa shape index (κ3) is 4.08. The first-order chi connectivity index (χ1) is 11.6. The van der Waals surface area contributed by atoms with Gasteiger partial charge < -0.3 is 15.1 Å². The molecule has 24 heavy (non-hydrogen) atoms. The SMILES string of the molecule is O=C(CN1CCN(C2CCCCC2)C(=O)C1=O)NC1CCCCC1. The van der Waals surface area contributed by atoms with Crippen molar-refractivity contribution in [3.05, 3.63) is 0 Å². The van der Waals surface area contributed by atoms with Crippen LogP contribution in [0.5, 0.6) is 0 Å². The summed E-state index contributed by atoms with van der Waals surface area (Å²) in [6.45, 7) is 1.05. The lowest BCUT2D eigenvalue weighted by molar-refractivity contribution is -0.159.